The molecule has 4 aliphatic heterocycles. The van der Waals surface area contributed by atoms with E-state index in [-0.39, 0.29) is 49.0 Å². The number of hydrogen-bond donors (Lipinski definition) is 2. The number of carbonyl (C=O) groups excluding carboxylic acids is 1. The van der Waals surface area contributed by atoms with Crippen LogP contribution in [0.4, 0.5) is 36.3 Å². The van der Waals surface area contributed by atoms with Crippen LogP contribution in [0, 0.1) is 0 Å². The summed E-state index contributed by atoms with van der Waals surface area (Å²) in [5.74, 6) is -0.931. The van der Waals surface area contributed by atoms with E-state index in [1.165, 1.54) is 4.90 Å². The van der Waals surface area contributed by atoms with Crippen molar-refractivity contribution in [1.82, 2.24) is 24.6 Å². The van der Waals surface area contributed by atoms with Crippen LogP contribution in [0.2, 0.25) is 0 Å². The number of hydrogen-bond acceptors (Lipinski definition) is 9. The molecule has 230 valence electrons. The summed E-state index contributed by atoms with van der Waals surface area (Å²) < 4.78 is 68.6. The van der Waals surface area contributed by atoms with Crippen LogP contribution in [0.25, 0.3) is 11.1 Å². The van der Waals surface area contributed by atoms with E-state index in [1.807, 2.05) is 6.20 Å². The molecule has 4 aromatic rings. The molecule has 2 aromatic carbocycles. The van der Waals surface area contributed by atoms with Crippen molar-refractivity contribution in [1.29, 1.82) is 0 Å². The number of aryl methyl sites for hydroxylation is 1. The molecule has 2 aromatic heterocycles. The van der Waals surface area contributed by atoms with E-state index in [4.69, 9.17) is 9.05 Å². The molecule has 11 nitrogen and oxygen atoms in total. The lowest BCUT2D eigenvalue weighted by Crippen LogP contribution is -2.18. The number of fused-ring (bicyclic) bond motifs is 1. The van der Waals surface area contributed by atoms with E-state index in [2.05, 4.69) is 25.7 Å². The lowest BCUT2D eigenvalue weighted by atomic mass is 9.97. The van der Waals surface area contributed by atoms with Gasteiger partial charge in [-0.3, -0.25) is 14.0 Å². The third-order valence-corrected chi connectivity index (χ3v) is 9.27. The van der Waals surface area contributed by atoms with Crippen LogP contribution in [0.1, 0.15) is 40.4 Å². The van der Waals surface area contributed by atoms with Gasteiger partial charge in [0, 0.05) is 43.8 Å². The maximum atomic E-state index is 14.0. The Labute approximate surface area is 250 Å². The van der Waals surface area contributed by atoms with Crippen LogP contribution in [0.5, 0.6) is 0 Å². The summed E-state index contributed by atoms with van der Waals surface area (Å²) in [5, 5.41) is 10.1. The van der Waals surface area contributed by atoms with Gasteiger partial charge in [0.2, 0.25) is 5.95 Å². The van der Waals surface area contributed by atoms with Crippen molar-refractivity contribution in [2.75, 3.05) is 30.9 Å². The van der Waals surface area contributed by atoms with Gasteiger partial charge in [-0.15, -0.1) is 0 Å². The van der Waals surface area contributed by atoms with Crippen molar-refractivity contribution in [2.24, 2.45) is 0 Å². The van der Waals surface area contributed by atoms with Crippen molar-refractivity contribution in [3.63, 3.8) is 0 Å². The summed E-state index contributed by atoms with van der Waals surface area (Å²) in [6, 6.07) is 10.1. The molecule has 0 aliphatic carbocycles. The first kappa shape index (κ1) is 29.8. The van der Waals surface area contributed by atoms with Crippen molar-refractivity contribution >= 4 is 36.6 Å². The zero-order chi connectivity index (χ0) is 31.1. The molecule has 8 bridgehead atoms. The van der Waals surface area contributed by atoms with E-state index in [9.17, 15) is 22.5 Å². The Morgan fingerprint density at radius 3 is 2.66 bits per heavy atom. The summed E-state index contributed by atoms with van der Waals surface area (Å²) in [7, 11) is -1.82. The van der Waals surface area contributed by atoms with Gasteiger partial charge in [-0.2, -0.15) is 23.3 Å². The second kappa shape index (κ2) is 11.7. The van der Waals surface area contributed by atoms with Gasteiger partial charge in [0.15, 0.2) is 0 Å². The van der Waals surface area contributed by atoms with Crippen molar-refractivity contribution < 1.29 is 31.6 Å². The van der Waals surface area contributed by atoms with Crippen LogP contribution in [-0.2, 0) is 39.0 Å². The monoisotopic (exact) mass is 627 g/mol. The Hall–Kier alpha value is -4.26. The van der Waals surface area contributed by atoms with Gasteiger partial charge in [0.1, 0.15) is 11.4 Å². The van der Waals surface area contributed by atoms with Gasteiger partial charge in [-0.05, 0) is 48.2 Å². The summed E-state index contributed by atoms with van der Waals surface area (Å²) in [5.41, 5.74) is 2.69. The summed E-state index contributed by atoms with van der Waals surface area (Å²) in [6.07, 6.45) is -0.0140. The number of aromatic nitrogens is 4. The van der Waals surface area contributed by atoms with E-state index in [0.29, 0.717) is 36.0 Å². The smallest absolute Gasteiger partial charge is 0.339 e. The van der Waals surface area contributed by atoms with E-state index < -0.39 is 25.2 Å². The standard InChI is InChI=1S/C29H29F3N7O4P/c1-3-42-44(41)17-18-5-7-20(8-6-18)35-28-33-14-23(29(30,31)32)26(37-28)36-24-10-9-21(22-16-38(2)27(40)25(22)24)19-13-34-39(15-19)11-4-12-43-44/h5-10,13-15H,3-4,11-12,16-17H2,1-2H3,(H2,33,35,36,37). The van der Waals surface area contributed by atoms with E-state index in [1.54, 1.807) is 61.2 Å². The molecular formula is C29H29F3N7O4P. The minimum atomic E-state index is -4.76. The third kappa shape index (κ3) is 6.05. The second-order valence-corrected chi connectivity index (χ2v) is 12.5. The number of alkyl halides is 3. The lowest BCUT2D eigenvalue weighted by Gasteiger charge is -2.18. The molecule has 1 unspecified atom stereocenters. The van der Waals surface area contributed by atoms with Crippen LogP contribution in [-0.4, -0.2) is 50.8 Å². The number of carbonyl (C=O) groups is 1. The number of benzene rings is 2. The minimum Gasteiger partial charge on any atom is -0.339 e. The zero-order valence-electron chi connectivity index (χ0n) is 23.9. The molecular weight excluding hydrogens is 598 g/mol. The highest BCUT2D eigenvalue weighted by Gasteiger charge is 2.37. The first-order chi connectivity index (χ1) is 21.0. The highest BCUT2D eigenvalue weighted by Crippen LogP contribution is 2.51. The van der Waals surface area contributed by atoms with Gasteiger partial charge in [-0.25, -0.2) is 4.98 Å². The highest BCUT2D eigenvalue weighted by molar-refractivity contribution is 7.53. The normalized spacial score (nSPS) is 18.8. The van der Waals surface area contributed by atoms with Crippen LogP contribution in [0.3, 0.4) is 0 Å². The molecule has 15 heteroatoms. The number of nitrogens with zero attached hydrogens (tertiary/aromatic N) is 5. The van der Waals surface area contributed by atoms with Gasteiger partial charge in [0.05, 0.1) is 36.8 Å². The van der Waals surface area contributed by atoms with Crippen molar-refractivity contribution in [3.8, 4) is 11.1 Å². The largest absolute Gasteiger partial charge is 0.421 e. The fourth-order valence-corrected chi connectivity index (χ4v) is 6.95. The Morgan fingerprint density at radius 1 is 1.11 bits per heavy atom. The number of amides is 1. The van der Waals surface area contributed by atoms with Gasteiger partial charge in [0.25, 0.3) is 5.91 Å². The van der Waals surface area contributed by atoms with Crippen molar-refractivity contribution in [2.45, 2.75) is 38.8 Å². The molecule has 1 atom stereocenters. The predicted molar refractivity (Wildman–Crippen MR) is 157 cm³/mol. The first-order valence-corrected chi connectivity index (χ1v) is 15.7. The van der Waals surface area contributed by atoms with Crippen LogP contribution < -0.4 is 10.6 Å². The summed E-state index contributed by atoms with van der Waals surface area (Å²) >= 11 is 0. The van der Waals surface area contributed by atoms with Crippen LogP contribution in [0.15, 0.2) is 55.0 Å². The molecule has 6 heterocycles. The van der Waals surface area contributed by atoms with Gasteiger partial charge < -0.3 is 24.6 Å². The Bertz CT molecular complexity index is 1760. The highest BCUT2D eigenvalue weighted by atomic mass is 31.2. The lowest BCUT2D eigenvalue weighted by molar-refractivity contribution is -0.137. The number of halogens is 3. The molecule has 0 spiro atoms. The maximum absolute atomic E-state index is 14.0. The Morgan fingerprint density at radius 2 is 1.91 bits per heavy atom. The van der Waals surface area contributed by atoms with Crippen LogP contribution >= 0.6 is 7.60 Å². The van der Waals surface area contributed by atoms with E-state index in [0.717, 1.165) is 11.1 Å². The first-order valence-electron chi connectivity index (χ1n) is 13.9. The SMILES string of the molecule is CCOP1(=O)Cc2ccc(cc2)Nc2ncc(C(F)(F)F)c(n2)Nc2ccc(c3c2C(=O)N(C)C3)-c2cnn(c2)CCCO1. The quantitative estimate of drug-likeness (QED) is 0.237. The fourth-order valence-electron chi connectivity index (χ4n) is 5.23. The number of nitrogens with one attached hydrogen (secondary N) is 2. The molecule has 2 N–H and O–H groups in total. The molecule has 4 aliphatic rings. The zero-order valence-corrected chi connectivity index (χ0v) is 24.8. The summed E-state index contributed by atoms with van der Waals surface area (Å²) in [4.78, 5) is 22.8. The van der Waals surface area contributed by atoms with Gasteiger partial charge in [-0.1, -0.05) is 18.2 Å². The maximum Gasteiger partial charge on any atom is 0.421 e. The molecule has 0 saturated heterocycles. The molecule has 0 fully saturated rings. The predicted octanol–water partition coefficient (Wildman–Crippen LogP) is 6.58. The van der Waals surface area contributed by atoms with Gasteiger partial charge >= 0.3 is 13.8 Å². The average molecular weight is 628 g/mol. The molecule has 0 radical (unpaired) electrons. The second-order valence-electron chi connectivity index (χ2n) is 10.4. The van der Waals surface area contributed by atoms with E-state index >= 15 is 0 Å². The minimum absolute atomic E-state index is 0.0474. The summed E-state index contributed by atoms with van der Waals surface area (Å²) in [6.45, 7) is 2.88. The molecule has 1 amide bonds. The number of anilines is 4. The Kier molecular flexibility index (Phi) is 7.91. The number of rotatable bonds is 2. The topological polar surface area (TPSA) is 124 Å². The fraction of sp³-hybridized carbons (Fsp3) is 0.310. The third-order valence-electron chi connectivity index (χ3n) is 7.29. The molecule has 8 rings (SSSR count). The molecule has 0 saturated carbocycles. The van der Waals surface area contributed by atoms with Crippen molar-refractivity contribution in [3.05, 3.63) is 77.2 Å². The molecule has 44 heavy (non-hydrogen) atoms. The Balaban J connectivity index is 1.45. The average Bonchev–Trinajstić information content (AvgIpc) is 3.56.